The number of carbonyl (C=O) groups excluding carboxylic acids is 1. The van der Waals surface area contributed by atoms with Crippen LogP contribution in [0.3, 0.4) is 0 Å². The Kier molecular flexibility index (Phi) is 5.40. The summed E-state index contributed by atoms with van der Waals surface area (Å²) in [5.41, 5.74) is 1.98. The summed E-state index contributed by atoms with van der Waals surface area (Å²) in [7, 11) is 3.63. The van der Waals surface area contributed by atoms with E-state index in [1.165, 1.54) is 0 Å². The lowest BCUT2D eigenvalue weighted by Crippen LogP contribution is -2.50. The molecule has 0 bridgehead atoms. The van der Waals surface area contributed by atoms with Gasteiger partial charge in [0.05, 0.1) is 24.4 Å². The number of likely N-dealkylation sites (N-methyl/N-ethyl adjacent to an activating group) is 1. The molecule has 0 unspecified atom stereocenters. The van der Waals surface area contributed by atoms with Gasteiger partial charge in [-0.15, -0.1) is 0 Å². The van der Waals surface area contributed by atoms with E-state index in [4.69, 9.17) is 10.00 Å². The molecule has 0 spiro atoms. The molecule has 2 aromatic rings. The summed E-state index contributed by atoms with van der Waals surface area (Å²) >= 11 is 0. The third-order valence-corrected chi connectivity index (χ3v) is 4.96. The van der Waals surface area contributed by atoms with E-state index in [9.17, 15) is 4.79 Å². The summed E-state index contributed by atoms with van der Waals surface area (Å²) in [4.78, 5) is 14.9. The van der Waals surface area contributed by atoms with Gasteiger partial charge in [0.1, 0.15) is 17.5 Å². The van der Waals surface area contributed by atoms with Crippen molar-refractivity contribution >= 4 is 5.91 Å². The second-order valence-electron chi connectivity index (χ2n) is 6.35. The van der Waals surface area contributed by atoms with Crippen LogP contribution in [0.25, 0.3) is 0 Å². The van der Waals surface area contributed by atoms with Gasteiger partial charge in [-0.2, -0.15) is 10.4 Å². The van der Waals surface area contributed by atoms with Crippen LogP contribution in [0.4, 0.5) is 0 Å². The van der Waals surface area contributed by atoms with Crippen molar-refractivity contribution in [3.8, 4) is 6.07 Å². The fourth-order valence-electron chi connectivity index (χ4n) is 3.50. The van der Waals surface area contributed by atoms with Crippen molar-refractivity contribution in [3.63, 3.8) is 0 Å². The molecular weight excluding hydrogens is 332 g/mol. The molecule has 1 aliphatic rings. The zero-order valence-corrected chi connectivity index (χ0v) is 15.3. The highest BCUT2D eigenvalue weighted by molar-refractivity contribution is 5.93. The third kappa shape index (κ3) is 3.36. The molecule has 0 aromatic carbocycles. The molecule has 1 amide bonds. The molecule has 0 aliphatic carbocycles. The molecule has 2 atom stereocenters. The van der Waals surface area contributed by atoms with Crippen LogP contribution in [0.5, 0.6) is 0 Å². The highest BCUT2D eigenvalue weighted by Gasteiger charge is 2.34. The zero-order chi connectivity index (χ0) is 18.7. The Morgan fingerprint density at radius 3 is 2.85 bits per heavy atom. The lowest BCUT2D eigenvalue weighted by molar-refractivity contribution is -0.0709. The van der Waals surface area contributed by atoms with Gasteiger partial charge in [-0.25, -0.2) is 0 Å². The Bertz CT molecular complexity index is 818. The number of hydrogen-bond donors (Lipinski definition) is 1. The zero-order valence-electron chi connectivity index (χ0n) is 15.3. The van der Waals surface area contributed by atoms with Crippen molar-refractivity contribution in [3.05, 3.63) is 41.5 Å². The largest absolute Gasteiger partial charge is 0.373 e. The Balaban J connectivity index is 1.74. The maximum Gasteiger partial charge on any atom is 0.268 e. The first-order valence-corrected chi connectivity index (χ1v) is 8.74. The first-order valence-electron chi connectivity index (χ1n) is 8.74. The Morgan fingerprint density at radius 1 is 1.42 bits per heavy atom. The molecule has 1 N–H and O–H groups in total. The normalized spacial score (nSPS) is 20.7. The molecule has 1 saturated heterocycles. The molecule has 0 saturated carbocycles. The average molecular weight is 356 g/mol. The number of carbonyl (C=O) groups is 1. The maximum absolute atomic E-state index is 12.5. The maximum atomic E-state index is 12.5. The molecule has 3 rings (SSSR count). The standard InChI is InChI=1S/C18H24N6O2/c1-4-24-9-10-26-16(17(24)14-7-8-21-23(14)3)12-20-18(25)15-6-5-13(11-19)22(15)2/h5-8,16-17H,4,9-10,12H2,1-3H3,(H,20,25)/t16-,17-/m0/s1. The second kappa shape index (κ2) is 7.72. The van der Waals surface area contributed by atoms with E-state index in [1.54, 1.807) is 29.9 Å². The first kappa shape index (κ1) is 18.2. The number of aryl methyl sites for hydroxylation is 1. The third-order valence-electron chi connectivity index (χ3n) is 4.96. The average Bonchev–Trinajstić information content (AvgIpc) is 3.24. The molecule has 2 aromatic heterocycles. The molecule has 1 fully saturated rings. The van der Waals surface area contributed by atoms with Gasteiger partial charge in [-0.05, 0) is 24.7 Å². The Hall–Kier alpha value is -2.63. The minimum Gasteiger partial charge on any atom is -0.373 e. The number of nitrogens with zero attached hydrogens (tertiary/aromatic N) is 5. The molecule has 8 nitrogen and oxygen atoms in total. The van der Waals surface area contributed by atoms with E-state index in [1.807, 2.05) is 17.8 Å². The summed E-state index contributed by atoms with van der Waals surface area (Å²) in [5.74, 6) is -0.213. The van der Waals surface area contributed by atoms with Crippen LogP contribution in [-0.2, 0) is 18.8 Å². The number of hydrogen-bond acceptors (Lipinski definition) is 5. The molecule has 26 heavy (non-hydrogen) atoms. The molecule has 3 heterocycles. The van der Waals surface area contributed by atoms with E-state index < -0.39 is 0 Å². The Labute approximate surface area is 153 Å². The van der Waals surface area contributed by atoms with E-state index in [0.29, 0.717) is 24.5 Å². The van der Waals surface area contributed by atoms with Crippen molar-refractivity contribution < 1.29 is 9.53 Å². The number of amides is 1. The van der Waals surface area contributed by atoms with Gasteiger partial charge in [0, 0.05) is 33.4 Å². The highest BCUT2D eigenvalue weighted by atomic mass is 16.5. The fraction of sp³-hybridized carbons (Fsp3) is 0.500. The van der Waals surface area contributed by atoms with Crippen LogP contribution in [-0.4, -0.2) is 57.5 Å². The van der Waals surface area contributed by atoms with Crippen molar-refractivity contribution in [2.75, 3.05) is 26.2 Å². The van der Waals surface area contributed by atoms with Crippen molar-refractivity contribution in [2.24, 2.45) is 14.1 Å². The summed E-state index contributed by atoms with van der Waals surface area (Å²) in [6.07, 6.45) is 1.61. The Morgan fingerprint density at radius 2 is 2.23 bits per heavy atom. The van der Waals surface area contributed by atoms with Crippen LogP contribution >= 0.6 is 0 Å². The van der Waals surface area contributed by atoms with Gasteiger partial charge in [0.25, 0.3) is 5.91 Å². The number of nitriles is 1. The lowest BCUT2D eigenvalue weighted by Gasteiger charge is -2.40. The SMILES string of the molecule is CCN1CCO[C@@H](CNC(=O)c2ccc(C#N)n2C)[C@@H]1c1ccnn1C. The summed E-state index contributed by atoms with van der Waals surface area (Å²) < 4.78 is 9.43. The first-order chi connectivity index (χ1) is 12.6. The fourth-order valence-corrected chi connectivity index (χ4v) is 3.50. The molecule has 138 valence electrons. The van der Waals surface area contributed by atoms with Gasteiger partial charge in [0.15, 0.2) is 0 Å². The second-order valence-corrected chi connectivity index (χ2v) is 6.35. The van der Waals surface area contributed by atoms with Crippen LogP contribution in [0.1, 0.15) is 34.8 Å². The number of nitrogens with one attached hydrogen (secondary N) is 1. The quantitative estimate of drug-likeness (QED) is 0.857. The summed E-state index contributed by atoms with van der Waals surface area (Å²) in [6, 6.07) is 7.39. The van der Waals surface area contributed by atoms with Gasteiger partial charge >= 0.3 is 0 Å². The van der Waals surface area contributed by atoms with Gasteiger partial charge in [-0.3, -0.25) is 14.4 Å². The minimum absolute atomic E-state index is 0.0321. The predicted octanol–water partition coefficient (Wildman–Crippen LogP) is 0.822. The lowest BCUT2D eigenvalue weighted by atomic mass is 10.0. The van der Waals surface area contributed by atoms with Crippen molar-refractivity contribution in [1.82, 2.24) is 24.6 Å². The monoisotopic (exact) mass is 356 g/mol. The molecule has 0 radical (unpaired) electrons. The van der Waals surface area contributed by atoms with Crippen LogP contribution in [0, 0.1) is 11.3 Å². The minimum atomic E-state index is -0.213. The van der Waals surface area contributed by atoms with Crippen molar-refractivity contribution in [1.29, 1.82) is 5.26 Å². The van der Waals surface area contributed by atoms with E-state index in [2.05, 4.69) is 28.3 Å². The number of ether oxygens (including phenoxy) is 1. The van der Waals surface area contributed by atoms with Crippen molar-refractivity contribution in [2.45, 2.75) is 19.1 Å². The highest BCUT2D eigenvalue weighted by Crippen LogP contribution is 2.28. The van der Waals surface area contributed by atoms with E-state index >= 15 is 0 Å². The van der Waals surface area contributed by atoms with Gasteiger partial charge in [0.2, 0.25) is 0 Å². The number of rotatable bonds is 5. The molecule has 8 heteroatoms. The summed E-state index contributed by atoms with van der Waals surface area (Å²) in [6.45, 7) is 4.88. The smallest absolute Gasteiger partial charge is 0.268 e. The van der Waals surface area contributed by atoms with Gasteiger partial charge in [-0.1, -0.05) is 6.92 Å². The van der Waals surface area contributed by atoms with E-state index in [-0.39, 0.29) is 18.1 Å². The molecular formula is C18H24N6O2. The number of morpholine rings is 1. The number of aromatic nitrogens is 3. The predicted molar refractivity (Wildman–Crippen MR) is 95.4 cm³/mol. The van der Waals surface area contributed by atoms with Crippen LogP contribution in [0.15, 0.2) is 24.4 Å². The topological polar surface area (TPSA) is 88.1 Å². The van der Waals surface area contributed by atoms with Gasteiger partial charge < -0.3 is 14.6 Å². The van der Waals surface area contributed by atoms with Crippen LogP contribution in [0.2, 0.25) is 0 Å². The molecule has 1 aliphatic heterocycles. The van der Waals surface area contributed by atoms with E-state index in [0.717, 1.165) is 18.8 Å². The van der Waals surface area contributed by atoms with Crippen LogP contribution < -0.4 is 5.32 Å². The summed E-state index contributed by atoms with van der Waals surface area (Å²) in [5, 5.41) is 16.3.